The van der Waals surface area contributed by atoms with E-state index in [2.05, 4.69) is 0 Å². The maximum absolute atomic E-state index is 12.8. The van der Waals surface area contributed by atoms with Crippen LogP contribution in [0.4, 0.5) is 10.5 Å². The van der Waals surface area contributed by atoms with E-state index in [0.29, 0.717) is 21.9 Å². The van der Waals surface area contributed by atoms with Crippen molar-refractivity contribution in [2.24, 2.45) is 0 Å². The van der Waals surface area contributed by atoms with Crippen LogP contribution < -0.4 is 9.64 Å². The van der Waals surface area contributed by atoms with Gasteiger partial charge in [-0.05, 0) is 73.5 Å². The number of nitrogens with zero attached hydrogens (tertiary/aromatic N) is 1. The molecule has 7 heteroatoms. The summed E-state index contributed by atoms with van der Waals surface area (Å²) in [6, 6.07) is 12.2. The van der Waals surface area contributed by atoms with E-state index in [9.17, 15) is 14.4 Å². The third-order valence-electron chi connectivity index (χ3n) is 4.45. The van der Waals surface area contributed by atoms with Crippen LogP contribution in [0.5, 0.6) is 5.75 Å². The van der Waals surface area contributed by atoms with Crippen LogP contribution in [0, 0.1) is 13.8 Å². The van der Waals surface area contributed by atoms with Crippen molar-refractivity contribution in [3.05, 3.63) is 64.1 Å². The molecule has 1 saturated heterocycles. The third-order valence-corrected chi connectivity index (χ3v) is 5.32. The minimum Gasteiger partial charge on any atom is -0.479 e. The number of hydrogen-bond donors (Lipinski definition) is 1. The summed E-state index contributed by atoms with van der Waals surface area (Å²) in [4.78, 5) is 37.6. The zero-order chi connectivity index (χ0) is 20.4. The van der Waals surface area contributed by atoms with Gasteiger partial charge in [-0.15, -0.1) is 0 Å². The Morgan fingerprint density at radius 3 is 2.46 bits per heavy atom. The highest BCUT2D eigenvalue weighted by Crippen LogP contribution is 2.37. The van der Waals surface area contributed by atoms with Gasteiger partial charge in [0.2, 0.25) is 0 Å². The molecule has 6 nitrogen and oxygen atoms in total. The van der Waals surface area contributed by atoms with Crippen LogP contribution in [0.1, 0.15) is 23.6 Å². The van der Waals surface area contributed by atoms with Crippen LogP contribution in [-0.2, 0) is 9.59 Å². The first-order valence-electron chi connectivity index (χ1n) is 8.61. The fraction of sp³-hybridized carbons (Fsp3) is 0.190. The van der Waals surface area contributed by atoms with E-state index in [0.717, 1.165) is 22.9 Å². The van der Waals surface area contributed by atoms with E-state index in [1.807, 2.05) is 26.0 Å². The molecule has 2 aromatic rings. The van der Waals surface area contributed by atoms with Crippen LogP contribution in [0.3, 0.4) is 0 Å². The van der Waals surface area contributed by atoms with E-state index < -0.39 is 12.1 Å². The molecule has 1 N–H and O–H groups in total. The smallest absolute Gasteiger partial charge is 0.344 e. The number of rotatable bonds is 5. The van der Waals surface area contributed by atoms with E-state index in [1.54, 1.807) is 36.4 Å². The Kier molecular flexibility index (Phi) is 5.56. The number of benzene rings is 2. The van der Waals surface area contributed by atoms with Crippen molar-refractivity contribution in [1.29, 1.82) is 0 Å². The number of aliphatic carboxylic acids is 1. The minimum absolute atomic E-state index is 0.332. The monoisotopic (exact) mass is 397 g/mol. The first-order valence-corrected chi connectivity index (χ1v) is 9.43. The summed E-state index contributed by atoms with van der Waals surface area (Å²) in [6.45, 7) is 5.26. The molecule has 1 aliphatic rings. The number of imide groups is 1. The van der Waals surface area contributed by atoms with Crippen molar-refractivity contribution < 1.29 is 24.2 Å². The number of anilines is 1. The van der Waals surface area contributed by atoms with Gasteiger partial charge in [-0.3, -0.25) is 9.59 Å². The molecule has 2 amide bonds. The van der Waals surface area contributed by atoms with Gasteiger partial charge in [-0.2, -0.15) is 0 Å². The average Bonchev–Trinajstić information content (AvgIpc) is 2.92. The van der Waals surface area contributed by atoms with Crippen molar-refractivity contribution >= 4 is 40.6 Å². The summed E-state index contributed by atoms with van der Waals surface area (Å²) in [5.74, 6) is -0.997. The van der Waals surface area contributed by atoms with Crippen LogP contribution in [0.2, 0.25) is 0 Å². The predicted molar refractivity (Wildman–Crippen MR) is 109 cm³/mol. The normalized spacial score (nSPS) is 16.5. The third kappa shape index (κ3) is 3.94. The summed E-state index contributed by atoms with van der Waals surface area (Å²) in [5, 5.41) is 8.55. The minimum atomic E-state index is -1.05. The fourth-order valence-electron chi connectivity index (χ4n) is 2.70. The van der Waals surface area contributed by atoms with Gasteiger partial charge in [0, 0.05) is 0 Å². The topological polar surface area (TPSA) is 83.9 Å². The second kappa shape index (κ2) is 7.90. The lowest BCUT2D eigenvalue weighted by atomic mass is 10.1. The van der Waals surface area contributed by atoms with Crippen LogP contribution in [0.15, 0.2) is 47.4 Å². The highest BCUT2D eigenvalue weighted by Gasteiger charge is 2.37. The highest BCUT2D eigenvalue weighted by molar-refractivity contribution is 8.19. The number of ether oxygens (including phenoxy) is 1. The molecule has 1 fully saturated rings. The molecule has 28 heavy (non-hydrogen) atoms. The number of carboxylic acid groups (broad SMARTS) is 1. The maximum Gasteiger partial charge on any atom is 0.344 e. The first kappa shape index (κ1) is 19.7. The lowest BCUT2D eigenvalue weighted by Crippen LogP contribution is -2.28. The van der Waals surface area contributed by atoms with Crippen LogP contribution in [-0.4, -0.2) is 28.3 Å². The Morgan fingerprint density at radius 1 is 1.14 bits per heavy atom. The van der Waals surface area contributed by atoms with Gasteiger partial charge in [0.05, 0.1) is 10.6 Å². The van der Waals surface area contributed by atoms with Gasteiger partial charge in [0.15, 0.2) is 6.10 Å². The predicted octanol–water partition coefficient (Wildman–Crippen LogP) is 4.40. The Labute approximate surface area is 166 Å². The molecule has 2 aromatic carbocycles. The Balaban J connectivity index is 1.82. The van der Waals surface area contributed by atoms with Gasteiger partial charge in [0.25, 0.3) is 11.1 Å². The Bertz CT molecular complexity index is 981. The second-order valence-electron chi connectivity index (χ2n) is 6.40. The number of carbonyl (C=O) groups is 3. The molecule has 0 saturated carbocycles. The quantitative estimate of drug-likeness (QED) is 0.753. The van der Waals surface area contributed by atoms with E-state index in [1.165, 1.54) is 11.8 Å². The molecule has 0 aliphatic carbocycles. The molecule has 1 unspecified atom stereocenters. The summed E-state index contributed by atoms with van der Waals surface area (Å²) < 4.78 is 5.28. The number of hydrogen-bond acceptors (Lipinski definition) is 5. The molecular formula is C21H19NO5S. The molecule has 1 aliphatic heterocycles. The van der Waals surface area contributed by atoms with E-state index >= 15 is 0 Å². The zero-order valence-electron chi connectivity index (χ0n) is 15.6. The van der Waals surface area contributed by atoms with Gasteiger partial charge >= 0.3 is 5.97 Å². The number of thioether (sulfide) groups is 1. The molecular weight excluding hydrogens is 378 g/mol. The van der Waals surface area contributed by atoms with Crippen molar-refractivity contribution in [1.82, 2.24) is 0 Å². The van der Waals surface area contributed by atoms with Crippen molar-refractivity contribution in [2.75, 3.05) is 4.90 Å². The molecule has 0 bridgehead atoms. The van der Waals surface area contributed by atoms with Gasteiger partial charge in [0.1, 0.15) is 5.75 Å². The maximum atomic E-state index is 12.8. The average molecular weight is 397 g/mol. The van der Waals surface area contributed by atoms with Gasteiger partial charge in [-0.25, -0.2) is 9.69 Å². The van der Waals surface area contributed by atoms with Gasteiger partial charge in [-0.1, -0.05) is 24.3 Å². The van der Waals surface area contributed by atoms with Crippen molar-refractivity contribution in [2.45, 2.75) is 26.9 Å². The highest BCUT2D eigenvalue weighted by atomic mass is 32.2. The Hall–Kier alpha value is -3.06. The van der Waals surface area contributed by atoms with E-state index in [4.69, 9.17) is 9.84 Å². The molecule has 3 rings (SSSR count). The van der Waals surface area contributed by atoms with Crippen LogP contribution in [0.25, 0.3) is 6.08 Å². The van der Waals surface area contributed by atoms with E-state index in [-0.39, 0.29) is 11.1 Å². The number of aryl methyl sites for hydroxylation is 1. The SMILES string of the molecule is Cc1cccc(N2C(=O)S/C(=C/c3ccc(OC(C)C(=O)O)cc3)C2=O)c1C. The number of carboxylic acids is 1. The molecule has 0 radical (unpaired) electrons. The number of amides is 2. The second-order valence-corrected chi connectivity index (χ2v) is 7.40. The van der Waals surface area contributed by atoms with Crippen molar-refractivity contribution in [3.8, 4) is 5.75 Å². The molecule has 0 spiro atoms. The number of carbonyl (C=O) groups excluding carboxylic acids is 2. The standard InChI is InChI=1S/C21H19NO5S/c1-12-5-4-6-17(13(12)2)22-19(23)18(28-21(22)26)11-15-7-9-16(10-8-15)27-14(3)20(24)25/h4-11,14H,1-3H3,(H,24,25)/b18-11+. The molecule has 144 valence electrons. The lowest BCUT2D eigenvalue weighted by Gasteiger charge is -2.16. The Morgan fingerprint density at radius 2 is 1.82 bits per heavy atom. The van der Waals surface area contributed by atoms with Gasteiger partial charge < -0.3 is 9.84 Å². The first-order chi connectivity index (χ1) is 13.3. The summed E-state index contributed by atoms with van der Waals surface area (Å²) in [7, 11) is 0. The van der Waals surface area contributed by atoms with Crippen LogP contribution >= 0.6 is 11.8 Å². The molecule has 0 aromatic heterocycles. The summed E-state index contributed by atoms with van der Waals surface area (Å²) >= 11 is 0.894. The lowest BCUT2D eigenvalue weighted by molar-refractivity contribution is -0.144. The molecule has 1 heterocycles. The van der Waals surface area contributed by atoms with Crippen molar-refractivity contribution in [3.63, 3.8) is 0 Å². The zero-order valence-corrected chi connectivity index (χ0v) is 16.4. The largest absolute Gasteiger partial charge is 0.479 e. The fourth-order valence-corrected chi connectivity index (χ4v) is 3.54. The summed E-state index contributed by atoms with van der Waals surface area (Å²) in [6.07, 6.45) is 0.681. The summed E-state index contributed by atoms with van der Waals surface area (Å²) in [5.41, 5.74) is 3.20. The molecule has 1 atom stereocenters.